The molecule has 156 valence electrons. The van der Waals surface area contributed by atoms with E-state index in [0.29, 0.717) is 5.69 Å². The monoisotopic (exact) mass is 452 g/mol. The molecule has 1 atom stereocenters. The van der Waals surface area contributed by atoms with Crippen LogP contribution in [-0.2, 0) is 19.6 Å². The molecule has 2 aromatic heterocycles. The highest BCUT2D eigenvalue weighted by Gasteiger charge is 2.41. The Morgan fingerprint density at radius 2 is 1.81 bits per heavy atom. The second kappa shape index (κ2) is 7.33. The van der Waals surface area contributed by atoms with Crippen molar-refractivity contribution in [2.24, 2.45) is 0 Å². The Labute approximate surface area is 181 Å². The van der Waals surface area contributed by atoms with Crippen molar-refractivity contribution in [3.8, 4) is 0 Å². The maximum atomic E-state index is 13.1. The summed E-state index contributed by atoms with van der Waals surface area (Å²) in [6.45, 7) is 0. The highest BCUT2D eigenvalue weighted by Crippen LogP contribution is 2.33. The number of hydrogen-bond donors (Lipinski definition) is 1. The van der Waals surface area contributed by atoms with E-state index in [4.69, 9.17) is 0 Å². The lowest BCUT2D eigenvalue weighted by Gasteiger charge is -2.16. The highest BCUT2D eigenvalue weighted by atomic mass is 32.2. The molecule has 3 heterocycles. The van der Waals surface area contributed by atoms with Crippen LogP contribution in [0.15, 0.2) is 77.3 Å². The topological polar surface area (TPSA) is 101 Å². The zero-order valence-corrected chi connectivity index (χ0v) is 17.6. The van der Waals surface area contributed by atoms with E-state index in [-0.39, 0.29) is 28.3 Å². The number of carbonyl (C=O) groups is 2. The first-order valence-corrected chi connectivity index (χ1v) is 11.7. The zero-order valence-electron chi connectivity index (χ0n) is 16.0. The first-order chi connectivity index (χ1) is 14.9. The van der Waals surface area contributed by atoms with Crippen molar-refractivity contribution in [2.75, 3.05) is 9.62 Å². The van der Waals surface area contributed by atoms with Gasteiger partial charge in [-0.25, -0.2) is 18.3 Å². The summed E-state index contributed by atoms with van der Waals surface area (Å²) >= 11 is 1.17. The third kappa shape index (κ3) is 3.39. The van der Waals surface area contributed by atoms with Crippen molar-refractivity contribution < 1.29 is 18.0 Å². The lowest BCUT2D eigenvalue weighted by molar-refractivity contribution is -0.122. The second-order valence-electron chi connectivity index (χ2n) is 7.01. The van der Waals surface area contributed by atoms with Gasteiger partial charge in [-0.2, -0.15) is 0 Å². The summed E-state index contributed by atoms with van der Waals surface area (Å²) in [6, 6.07) is 14.6. The minimum atomic E-state index is -3.82. The largest absolute Gasteiger partial charge is 0.334 e. The number of amides is 2. The fourth-order valence-electron chi connectivity index (χ4n) is 3.70. The molecule has 1 aliphatic rings. The molecule has 1 N–H and O–H groups in total. The van der Waals surface area contributed by atoms with Gasteiger partial charge in [0.05, 0.1) is 17.0 Å². The number of nitrogens with one attached hydrogen (secondary N) is 1. The average Bonchev–Trinajstić information content (AvgIpc) is 3.47. The summed E-state index contributed by atoms with van der Waals surface area (Å²) in [6.07, 6.45) is 3.35. The van der Waals surface area contributed by atoms with E-state index in [2.05, 4.69) is 9.71 Å². The minimum Gasteiger partial charge on any atom is -0.334 e. The van der Waals surface area contributed by atoms with Gasteiger partial charge < -0.3 is 4.57 Å². The number of benzene rings is 2. The molecule has 0 aliphatic carbocycles. The summed E-state index contributed by atoms with van der Waals surface area (Å²) in [4.78, 5) is 30.8. The van der Waals surface area contributed by atoms with Gasteiger partial charge in [0.2, 0.25) is 5.91 Å². The molecular formula is C21H16N4O4S2. The number of carbonyl (C=O) groups excluding carboxylic acids is 2. The van der Waals surface area contributed by atoms with Gasteiger partial charge in [-0.3, -0.25) is 14.3 Å². The van der Waals surface area contributed by atoms with Crippen LogP contribution in [0, 0.1) is 0 Å². The van der Waals surface area contributed by atoms with E-state index in [1.807, 2.05) is 41.1 Å². The number of aromatic nitrogens is 2. The van der Waals surface area contributed by atoms with Crippen molar-refractivity contribution in [3.05, 3.63) is 72.4 Å². The molecule has 0 saturated carbocycles. The molecule has 1 unspecified atom stereocenters. The number of imide groups is 1. The van der Waals surface area contributed by atoms with Crippen LogP contribution in [0.3, 0.4) is 0 Å². The lowest BCUT2D eigenvalue weighted by atomic mass is 10.2. The van der Waals surface area contributed by atoms with Crippen LogP contribution in [0.4, 0.5) is 10.8 Å². The summed E-state index contributed by atoms with van der Waals surface area (Å²) < 4.78 is 29.2. The predicted molar refractivity (Wildman–Crippen MR) is 117 cm³/mol. The Kier molecular flexibility index (Phi) is 4.60. The molecule has 8 nitrogen and oxygen atoms in total. The number of thiazole rings is 1. The number of fused-ring (bicyclic) bond motifs is 1. The van der Waals surface area contributed by atoms with Crippen LogP contribution < -0.4 is 9.62 Å². The van der Waals surface area contributed by atoms with Crippen molar-refractivity contribution >= 4 is 54.9 Å². The molecule has 2 aromatic carbocycles. The molecule has 1 saturated heterocycles. The van der Waals surface area contributed by atoms with Crippen LogP contribution >= 0.6 is 11.3 Å². The van der Waals surface area contributed by atoms with Crippen molar-refractivity contribution in [1.29, 1.82) is 0 Å². The van der Waals surface area contributed by atoms with Crippen molar-refractivity contribution in [3.63, 3.8) is 0 Å². The SMILES string of the molecule is O=C1CC(n2ccc3ccccc32)C(=O)N1c1ccc(S(=O)(=O)Nc2nccs2)cc1. The summed E-state index contributed by atoms with van der Waals surface area (Å²) in [7, 11) is -3.82. The first-order valence-electron chi connectivity index (χ1n) is 9.39. The number of anilines is 2. The average molecular weight is 453 g/mol. The van der Waals surface area contributed by atoms with Gasteiger partial charge in [0, 0.05) is 23.3 Å². The van der Waals surface area contributed by atoms with Crippen molar-refractivity contribution in [2.45, 2.75) is 17.4 Å². The summed E-state index contributed by atoms with van der Waals surface area (Å²) in [5.74, 6) is -0.674. The molecule has 0 bridgehead atoms. The molecule has 0 radical (unpaired) electrons. The highest BCUT2D eigenvalue weighted by molar-refractivity contribution is 7.93. The van der Waals surface area contributed by atoms with Gasteiger partial charge in [-0.15, -0.1) is 11.3 Å². The number of para-hydroxylation sites is 1. The normalized spacial score (nSPS) is 16.9. The van der Waals surface area contributed by atoms with Crippen LogP contribution in [0.2, 0.25) is 0 Å². The molecule has 1 fully saturated rings. The third-order valence-electron chi connectivity index (χ3n) is 5.15. The molecule has 10 heteroatoms. The third-order valence-corrected chi connectivity index (χ3v) is 7.32. The fourth-order valence-corrected chi connectivity index (χ4v) is 5.49. The molecule has 0 spiro atoms. The smallest absolute Gasteiger partial charge is 0.263 e. The molecule has 1 aliphatic heterocycles. The van der Waals surface area contributed by atoms with Crippen LogP contribution in [0.5, 0.6) is 0 Å². The predicted octanol–water partition coefficient (Wildman–Crippen LogP) is 3.40. The zero-order chi connectivity index (χ0) is 21.6. The van der Waals surface area contributed by atoms with Gasteiger partial charge >= 0.3 is 0 Å². The Morgan fingerprint density at radius 3 is 2.55 bits per heavy atom. The maximum absolute atomic E-state index is 13.1. The summed E-state index contributed by atoms with van der Waals surface area (Å²) in [5.41, 5.74) is 1.22. The van der Waals surface area contributed by atoms with Gasteiger partial charge in [0.1, 0.15) is 6.04 Å². The fraction of sp³-hybridized carbons (Fsp3) is 0.0952. The lowest BCUT2D eigenvalue weighted by Crippen LogP contribution is -2.31. The van der Waals surface area contributed by atoms with E-state index >= 15 is 0 Å². The van der Waals surface area contributed by atoms with Gasteiger partial charge in [0.25, 0.3) is 15.9 Å². The van der Waals surface area contributed by atoms with E-state index < -0.39 is 16.1 Å². The number of nitrogens with zero attached hydrogens (tertiary/aromatic N) is 3. The van der Waals surface area contributed by atoms with Gasteiger partial charge in [0.15, 0.2) is 5.13 Å². The molecule has 31 heavy (non-hydrogen) atoms. The molecule has 2 amide bonds. The standard InChI is InChI=1S/C21H16N4O4S2/c26-19-13-18(24-11-9-14-3-1-2-4-17(14)24)20(27)25(19)15-5-7-16(8-6-15)31(28,29)23-21-22-10-12-30-21/h1-12,18H,13H2,(H,22,23). The Hall–Kier alpha value is -3.50. The van der Waals surface area contributed by atoms with Gasteiger partial charge in [-0.1, -0.05) is 18.2 Å². The minimum absolute atomic E-state index is 0.0125. The van der Waals surface area contributed by atoms with E-state index in [9.17, 15) is 18.0 Å². The Morgan fingerprint density at radius 1 is 1.03 bits per heavy atom. The molecule has 4 aromatic rings. The summed E-state index contributed by atoms with van der Waals surface area (Å²) in [5, 5.41) is 2.91. The number of rotatable bonds is 5. The van der Waals surface area contributed by atoms with E-state index in [1.54, 1.807) is 5.38 Å². The number of hydrogen-bond acceptors (Lipinski definition) is 6. The quantitative estimate of drug-likeness (QED) is 0.468. The van der Waals surface area contributed by atoms with E-state index in [0.717, 1.165) is 15.8 Å². The van der Waals surface area contributed by atoms with Gasteiger partial charge in [-0.05, 0) is 41.8 Å². The molecule has 5 rings (SSSR count). The van der Waals surface area contributed by atoms with E-state index in [1.165, 1.54) is 41.8 Å². The Balaban J connectivity index is 1.41. The van der Waals surface area contributed by atoms with Crippen LogP contribution in [-0.4, -0.2) is 29.8 Å². The second-order valence-corrected chi connectivity index (χ2v) is 9.58. The maximum Gasteiger partial charge on any atom is 0.263 e. The van der Waals surface area contributed by atoms with Crippen molar-refractivity contribution in [1.82, 2.24) is 9.55 Å². The molecular weight excluding hydrogens is 436 g/mol. The number of sulfonamides is 1. The van der Waals surface area contributed by atoms with Crippen LogP contribution in [0.1, 0.15) is 12.5 Å². The van der Waals surface area contributed by atoms with Crippen LogP contribution in [0.25, 0.3) is 10.9 Å². The Bertz CT molecular complexity index is 1390. The first kappa shape index (κ1) is 19.5.